The van der Waals surface area contributed by atoms with Crippen molar-refractivity contribution < 1.29 is 9.32 Å². The summed E-state index contributed by atoms with van der Waals surface area (Å²) < 4.78 is 5.12. The van der Waals surface area contributed by atoms with Crippen LogP contribution in [0.15, 0.2) is 34.9 Å². The van der Waals surface area contributed by atoms with Crippen LogP contribution in [0.1, 0.15) is 56.3 Å². The molecule has 0 aliphatic carbocycles. The van der Waals surface area contributed by atoms with Gasteiger partial charge in [-0.3, -0.25) is 4.79 Å². The lowest BCUT2D eigenvalue weighted by Gasteiger charge is -2.14. The van der Waals surface area contributed by atoms with Gasteiger partial charge in [0.1, 0.15) is 0 Å². The van der Waals surface area contributed by atoms with Gasteiger partial charge in [-0.1, -0.05) is 56.3 Å². The minimum absolute atomic E-state index is 0.0143. The molecule has 0 aliphatic rings. The number of amides is 1. The van der Waals surface area contributed by atoms with Gasteiger partial charge in [-0.2, -0.15) is 4.98 Å². The quantitative estimate of drug-likeness (QED) is 0.886. The van der Waals surface area contributed by atoms with E-state index in [4.69, 9.17) is 4.52 Å². The third-order valence-corrected chi connectivity index (χ3v) is 3.33. The highest BCUT2D eigenvalue weighted by atomic mass is 16.5. The summed E-state index contributed by atoms with van der Waals surface area (Å²) in [5, 5.41) is 6.74. The number of hydrogen-bond donors (Lipinski definition) is 1. The summed E-state index contributed by atoms with van der Waals surface area (Å²) >= 11 is 0. The largest absolute Gasteiger partial charge is 0.348 e. The van der Waals surface area contributed by atoms with E-state index in [9.17, 15) is 4.79 Å². The fraction of sp³-hybridized carbons (Fsp3) is 0.438. The number of hydrogen-bond acceptors (Lipinski definition) is 4. The van der Waals surface area contributed by atoms with Crippen molar-refractivity contribution in [1.29, 1.82) is 0 Å². The zero-order chi connectivity index (χ0) is 15.2. The molecule has 1 N–H and O–H groups in total. The highest BCUT2D eigenvalue weighted by molar-refractivity contribution is 5.83. The first-order chi connectivity index (χ1) is 10.1. The van der Waals surface area contributed by atoms with E-state index in [1.807, 2.05) is 51.1 Å². The van der Waals surface area contributed by atoms with Crippen molar-refractivity contribution in [2.75, 3.05) is 0 Å². The Hall–Kier alpha value is -2.17. The zero-order valence-electron chi connectivity index (χ0n) is 12.7. The van der Waals surface area contributed by atoms with Gasteiger partial charge in [0, 0.05) is 5.92 Å². The number of rotatable bonds is 6. The number of aromatic nitrogens is 2. The van der Waals surface area contributed by atoms with Gasteiger partial charge in [-0.15, -0.1) is 0 Å². The Morgan fingerprint density at radius 1 is 1.29 bits per heavy atom. The van der Waals surface area contributed by atoms with E-state index in [2.05, 4.69) is 15.5 Å². The molecule has 21 heavy (non-hydrogen) atoms. The Kier molecular flexibility index (Phi) is 5.09. The number of nitrogens with one attached hydrogen (secondary N) is 1. The molecule has 1 atom stereocenters. The molecule has 0 radical (unpaired) electrons. The van der Waals surface area contributed by atoms with Crippen molar-refractivity contribution in [3.8, 4) is 0 Å². The van der Waals surface area contributed by atoms with E-state index in [0.29, 0.717) is 18.3 Å². The fourth-order valence-electron chi connectivity index (χ4n) is 2.12. The molecule has 2 aromatic rings. The average Bonchev–Trinajstić information content (AvgIpc) is 2.96. The van der Waals surface area contributed by atoms with Crippen LogP contribution in [-0.4, -0.2) is 16.0 Å². The minimum Gasteiger partial charge on any atom is -0.348 e. The predicted octanol–water partition coefficient (Wildman–Crippen LogP) is 3.00. The van der Waals surface area contributed by atoms with Crippen LogP contribution in [0.25, 0.3) is 0 Å². The molecule has 1 amide bonds. The summed E-state index contributed by atoms with van der Waals surface area (Å²) in [5.74, 6) is 1.13. The van der Waals surface area contributed by atoms with Gasteiger partial charge in [-0.05, 0) is 12.0 Å². The van der Waals surface area contributed by atoms with Crippen LogP contribution >= 0.6 is 0 Å². The molecule has 1 aromatic carbocycles. The van der Waals surface area contributed by atoms with Crippen LogP contribution in [0.5, 0.6) is 0 Å². The van der Waals surface area contributed by atoms with Crippen LogP contribution < -0.4 is 5.32 Å². The normalized spacial score (nSPS) is 12.4. The topological polar surface area (TPSA) is 68.0 Å². The number of benzene rings is 1. The molecule has 0 saturated heterocycles. The average molecular weight is 287 g/mol. The van der Waals surface area contributed by atoms with Crippen LogP contribution in [0.3, 0.4) is 0 Å². The van der Waals surface area contributed by atoms with Crippen molar-refractivity contribution >= 4 is 5.91 Å². The van der Waals surface area contributed by atoms with Gasteiger partial charge in [-0.25, -0.2) is 0 Å². The van der Waals surface area contributed by atoms with Crippen molar-refractivity contribution in [2.45, 2.75) is 45.6 Å². The van der Waals surface area contributed by atoms with Crippen LogP contribution in [0.4, 0.5) is 0 Å². The summed E-state index contributed by atoms with van der Waals surface area (Å²) in [4.78, 5) is 16.5. The first kappa shape index (κ1) is 15.2. The van der Waals surface area contributed by atoms with E-state index >= 15 is 0 Å². The molecular formula is C16H21N3O2. The van der Waals surface area contributed by atoms with E-state index in [1.165, 1.54) is 0 Å². The summed E-state index contributed by atoms with van der Waals surface area (Å²) in [7, 11) is 0. The maximum atomic E-state index is 12.3. The molecule has 1 aromatic heterocycles. The third kappa shape index (κ3) is 3.90. The summed E-state index contributed by atoms with van der Waals surface area (Å²) in [6.07, 6.45) is 0.749. The monoisotopic (exact) mass is 287 g/mol. The molecule has 2 rings (SSSR count). The van der Waals surface area contributed by atoms with Gasteiger partial charge < -0.3 is 9.84 Å². The molecule has 0 bridgehead atoms. The van der Waals surface area contributed by atoms with Crippen molar-refractivity contribution in [1.82, 2.24) is 15.5 Å². The zero-order valence-corrected chi connectivity index (χ0v) is 12.7. The van der Waals surface area contributed by atoms with Crippen LogP contribution in [0.2, 0.25) is 0 Å². The third-order valence-electron chi connectivity index (χ3n) is 3.33. The summed E-state index contributed by atoms with van der Waals surface area (Å²) in [5.41, 5.74) is 1.02. The maximum absolute atomic E-state index is 12.3. The Morgan fingerprint density at radius 3 is 2.57 bits per heavy atom. The lowest BCUT2D eigenvalue weighted by molar-refractivity contribution is -0.122. The minimum atomic E-state index is -0.150. The predicted molar refractivity (Wildman–Crippen MR) is 79.7 cm³/mol. The highest BCUT2D eigenvalue weighted by Crippen LogP contribution is 2.19. The smallest absolute Gasteiger partial charge is 0.229 e. The van der Waals surface area contributed by atoms with Crippen LogP contribution in [-0.2, 0) is 11.3 Å². The molecule has 5 nitrogen and oxygen atoms in total. The van der Waals surface area contributed by atoms with Gasteiger partial charge in [0.05, 0.1) is 12.5 Å². The molecule has 1 heterocycles. The first-order valence-corrected chi connectivity index (χ1v) is 7.27. The Morgan fingerprint density at radius 2 is 2.00 bits per heavy atom. The SMILES string of the molecule is CCC(C(=O)NCc1noc(C(C)C)n1)c1ccccc1. The Labute approximate surface area is 124 Å². The molecule has 1 unspecified atom stereocenters. The molecule has 0 aliphatic heterocycles. The lowest BCUT2D eigenvalue weighted by atomic mass is 9.96. The molecule has 0 saturated carbocycles. The van der Waals surface area contributed by atoms with Crippen molar-refractivity contribution in [3.05, 3.63) is 47.6 Å². The second kappa shape index (κ2) is 7.02. The Bertz CT molecular complexity index is 578. The van der Waals surface area contributed by atoms with E-state index in [1.54, 1.807) is 0 Å². The molecular weight excluding hydrogens is 266 g/mol. The Balaban J connectivity index is 1.96. The summed E-state index contributed by atoms with van der Waals surface area (Å²) in [6, 6.07) is 9.78. The first-order valence-electron chi connectivity index (χ1n) is 7.27. The van der Waals surface area contributed by atoms with Crippen molar-refractivity contribution in [2.24, 2.45) is 0 Å². The van der Waals surface area contributed by atoms with E-state index < -0.39 is 0 Å². The molecule has 0 fully saturated rings. The molecule has 112 valence electrons. The van der Waals surface area contributed by atoms with E-state index in [-0.39, 0.29) is 17.7 Å². The fourth-order valence-corrected chi connectivity index (χ4v) is 2.12. The summed E-state index contributed by atoms with van der Waals surface area (Å²) in [6.45, 7) is 6.26. The van der Waals surface area contributed by atoms with Gasteiger partial charge in [0.25, 0.3) is 0 Å². The molecule has 5 heteroatoms. The van der Waals surface area contributed by atoms with Crippen molar-refractivity contribution in [3.63, 3.8) is 0 Å². The van der Waals surface area contributed by atoms with E-state index in [0.717, 1.165) is 12.0 Å². The second-order valence-electron chi connectivity index (χ2n) is 5.29. The van der Waals surface area contributed by atoms with Crippen LogP contribution in [0, 0.1) is 0 Å². The van der Waals surface area contributed by atoms with Gasteiger partial charge in [0.2, 0.25) is 11.8 Å². The van der Waals surface area contributed by atoms with Gasteiger partial charge in [0.15, 0.2) is 5.82 Å². The molecule has 0 spiro atoms. The van der Waals surface area contributed by atoms with Gasteiger partial charge >= 0.3 is 0 Å². The lowest BCUT2D eigenvalue weighted by Crippen LogP contribution is -2.29. The highest BCUT2D eigenvalue weighted by Gasteiger charge is 2.19. The standard InChI is InChI=1S/C16H21N3O2/c1-4-13(12-8-6-5-7-9-12)15(20)17-10-14-18-16(11(2)3)21-19-14/h5-9,11,13H,4,10H2,1-3H3,(H,17,20). The number of carbonyl (C=O) groups is 1. The maximum Gasteiger partial charge on any atom is 0.229 e. The number of nitrogens with zero attached hydrogens (tertiary/aromatic N) is 2. The number of carbonyl (C=O) groups excluding carboxylic acids is 1. The second-order valence-corrected chi connectivity index (χ2v) is 5.29.